The number of halogens is 2. The summed E-state index contributed by atoms with van der Waals surface area (Å²) >= 11 is 1.96. The van der Waals surface area contributed by atoms with Gasteiger partial charge in [-0.05, 0) is 0 Å². The van der Waals surface area contributed by atoms with E-state index in [1.807, 2.05) is 22.6 Å². The number of hydrogen-bond acceptors (Lipinski definition) is 1. The van der Waals surface area contributed by atoms with Crippen LogP contribution in [0.25, 0.3) is 0 Å². The lowest BCUT2D eigenvalue weighted by Crippen LogP contribution is -2.15. The largest absolute Gasteiger partial charge is 0.328 e. The van der Waals surface area contributed by atoms with Crippen molar-refractivity contribution in [2.24, 2.45) is 5.73 Å². The normalized spacial score (nSPS) is 14.5. The second-order valence-electron chi connectivity index (χ2n) is 0.987. The maximum absolute atomic E-state index is 11.7. The first-order valence-electron chi connectivity index (χ1n) is 1.71. The monoisotopic (exact) mass is 203 g/mol. The van der Waals surface area contributed by atoms with Crippen LogP contribution in [0.4, 0.5) is 4.39 Å². The van der Waals surface area contributed by atoms with Gasteiger partial charge in [0.25, 0.3) is 0 Å². The van der Waals surface area contributed by atoms with E-state index >= 15 is 0 Å². The maximum atomic E-state index is 11.7. The van der Waals surface area contributed by atoms with Gasteiger partial charge in [0.15, 0.2) is 0 Å². The average Bonchev–Trinajstić information content (AvgIpc) is 1.65. The minimum Gasteiger partial charge on any atom is -0.328 e. The van der Waals surface area contributed by atoms with E-state index in [0.717, 1.165) is 0 Å². The third-order valence-electron chi connectivity index (χ3n) is 0.423. The number of nitrogens with two attached hydrogens (primary N) is 1. The number of alkyl halides is 2. The van der Waals surface area contributed by atoms with Gasteiger partial charge in [-0.3, -0.25) is 0 Å². The Morgan fingerprint density at radius 3 is 2.33 bits per heavy atom. The van der Waals surface area contributed by atoms with Gasteiger partial charge in [-0.1, -0.05) is 22.6 Å². The zero-order chi connectivity index (χ0) is 4.99. The molecule has 1 atom stereocenters. The third kappa shape index (κ3) is 2.84. The smallest absolute Gasteiger partial charge is 0.121 e. The lowest BCUT2D eigenvalue weighted by Gasteiger charge is -1.93. The van der Waals surface area contributed by atoms with E-state index in [4.69, 9.17) is 5.73 Å². The van der Waals surface area contributed by atoms with Gasteiger partial charge in [-0.25, -0.2) is 4.39 Å². The molecule has 0 aromatic rings. The number of rotatable bonds is 2. The first-order valence-corrected chi connectivity index (χ1v) is 3.24. The SMILES string of the molecule is NC[C@@H](F)CI. The molecule has 0 unspecified atom stereocenters. The molecule has 1 nitrogen and oxygen atoms in total. The summed E-state index contributed by atoms with van der Waals surface area (Å²) in [6.07, 6.45) is -0.800. The van der Waals surface area contributed by atoms with Gasteiger partial charge in [-0.2, -0.15) is 0 Å². The Morgan fingerprint density at radius 2 is 2.33 bits per heavy atom. The van der Waals surface area contributed by atoms with Crippen LogP contribution >= 0.6 is 22.6 Å². The standard InChI is InChI=1S/C3H7FIN/c4-3(1-5)2-6/h3H,1-2,6H2/t3-/m0/s1. The first kappa shape index (κ1) is 6.62. The van der Waals surface area contributed by atoms with Gasteiger partial charge in [-0.15, -0.1) is 0 Å². The third-order valence-corrected chi connectivity index (χ3v) is 1.38. The molecule has 2 N–H and O–H groups in total. The Labute approximate surface area is 50.2 Å². The number of hydrogen-bond donors (Lipinski definition) is 1. The second kappa shape index (κ2) is 3.80. The molecule has 0 aliphatic rings. The van der Waals surface area contributed by atoms with E-state index in [1.165, 1.54) is 0 Å². The molecule has 38 valence electrons. The van der Waals surface area contributed by atoms with Gasteiger partial charge in [0.2, 0.25) is 0 Å². The van der Waals surface area contributed by atoms with E-state index in [1.54, 1.807) is 0 Å². The molecule has 0 saturated heterocycles. The van der Waals surface area contributed by atoms with E-state index in [0.29, 0.717) is 4.43 Å². The Balaban J connectivity index is 2.75. The molecule has 0 aromatic carbocycles. The summed E-state index contributed by atoms with van der Waals surface area (Å²) in [6.45, 7) is 0.156. The summed E-state index contributed by atoms with van der Waals surface area (Å²) in [7, 11) is 0. The summed E-state index contributed by atoms with van der Waals surface area (Å²) in [5, 5.41) is 0. The van der Waals surface area contributed by atoms with Gasteiger partial charge in [0.1, 0.15) is 6.17 Å². The van der Waals surface area contributed by atoms with Crippen molar-refractivity contribution < 1.29 is 4.39 Å². The van der Waals surface area contributed by atoms with Gasteiger partial charge < -0.3 is 5.73 Å². The second-order valence-corrected chi connectivity index (χ2v) is 1.87. The zero-order valence-corrected chi connectivity index (χ0v) is 5.48. The molecule has 0 bridgehead atoms. The summed E-state index contributed by atoms with van der Waals surface area (Å²) in [4.78, 5) is 0. The fraction of sp³-hybridized carbons (Fsp3) is 1.00. The van der Waals surface area contributed by atoms with Crippen LogP contribution in [0.3, 0.4) is 0 Å². The van der Waals surface area contributed by atoms with E-state index < -0.39 is 6.17 Å². The lowest BCUT2D eigenvalue weighted by atomic mass is 10.5. The van der Waals surface area contributed by atoms with Gasteiger partial charge >= 0.3 is 0 Å². The topological polar surface area (TPSA) is 26.0 Å². The molecule has 0 radical (unpaired) electrons. The predicted molar refractivity (Wildman–Crippen MR) is 32.8 cm³/mol. The summed E-state index contributed by atoms with van der Waals surface area (Å²) in [5.74, 6) is 0. The van der Waals surface area contributed by atoms with Crippen LogP contribution in [0.1, 0.15) is 0 Å². The predicted octanol–water partition coefficient (Wildman–Crippen LogP) is 0.718. The Bertz CT molecular complexity index is 30.0. The van der Waals surface area contributed by atoms with Gasteiger partial charge in [0.05, 0.1) is 0 Å². The van der Waals surface area contributed by atoms with Crippen molar-refractivity contribution in [2.75, 3.05) is 11.0 Å². The minimum atomic E-state index is -0.800. The van der Waals surface area contributed by atoms with Crippen LogP contribution in [0.15, 0.2) is 0 Å². The lowest BCUT2D eigenvalue weighted by molar-refractivity contribution is 0.381. The highest BCUT2D eigenvalue weighted by Crippen LogP contribution is 1.91. The minimum absolute atomic E-state index is 0.156. The highest BCUT2D eigenvalue weighted by atomic mass is 127. The van der Waals surface area contributed by atoms with Crippen molar-refractivity contribution in [3.05, 3.63) is 0 Å². The van der Waals surface area contributed by atoms with Crippen LogP contribution < -0.4 is 5.73 Å². The van der Waals surface area contributed by atoms with Crippen molar-refractivity contribution >= 4 is 22.6 Å². The summed E-state index contributed by atoms with van der Waals surface area (Å²) in [5.41, 5.74) is 4.90. The summed E-state index contributed by atoms with van der Waals surface area (Å²) in [6, 6.07) is 0. The fourth-order valence-corrected chi connectivity index (χ4v) is 0.423. The van der Waals surface area contributed by atoms with E-state index in [9.17, 15) is 4.39 Å². The van der Waals surface area contributed by atoms with Crippen molar-refractivity contribution in [3.8, 4) is 0 Å². The molecule has 0 saturated carbocycles. The van der Waals surface area contributed by atoms with E-state index in [-0.39, 0.29) is 6.54 Å². The Morgan fingerprint density at radius 1 is 1.83 bits per heavy atom. The average molecular weight is 203 g/mol. The Hall–Kier alpha value is 0.620. The zero-order valence-electron chi connectivity index (χ0n) is 3.32. The molecule has 0 amide bonds. The van der Waals surface area contributed by atoms with Crippen molar-refractivity contribution in [3.63, 3.8) is 0 Å². The van der Waals surface area contributed by atoms with Crippen LogP contribution in [0.5, 0.6) is 0 Å². The quantitative estimate of drug-likeness (QED) is 0.519. The van der Waals surface area contributed by atoms with Crippen LogP contribution in [-0.2, 0) is 0 Å². The van der Waals surface area contributed by atoms with Gasteiger partial charge in [0, 0.05) is 11.0 Å². The molecule has 0 aromatic heterocycles. The summed E-state index contributed by atoms with van der Waals surface area (Å²) < 4.78 is 12.2. The fourth-order valence-electron chi connectivity index (χ4n) is 0.0630. The molecular formula is C3H7FIN. The van der Waals surface area contributed by atoms with Crippen molar-refractivity contribution in [1.29, 1.82) is 0 Å². The molecule has 0 fully saturated rings. The molecule has 0 aliphatic carbocycles. The first-order chi connectivity index (χ1) is 2.81. The van der Waals surface area contributed by atoms with Crippen molar-refractivity contribution in [1.82, 2.24) is 0 Å². The molecule has 6 heavy (non-hydrogen) atoms. The van der Waals surface area contributed by atoms with Crippen LogP contribution in [0, 0.1) is 0 Å². The molecular weight excluding hydrogens is 196 g/mol. The van der Waals surface area contributed by atoms with Crippen LogP contribution in [0.2, 0.25) is 0 Å². The van der Waals surface area contributed by atoms with E-state index in [2.05, 4.69) is 0 Å². The molecule has 0 heterocycles. The Kier molecular flexibility index (Phi) is 4.19. The maximum Gasteiger partial charge on any atom is 0.121 e. The highest BCUT2D eigenvalue weighted by Gasteiger charge is 1.95. The molecule has 0 spiro atoms. The molecule has 3 heteroatoms. The van der Waals surface area contributed by atoms with Crippen molar-refractivity contribution in [2.45, 2.75) is 6.17 Å². The van der Waals surface area contributed by atoms with Crippen LogP contribution in [-0.4, -0.2) is 17.1 Å². The molecule has 0 rings (SSSR count). The molecule has 0 aliphatic heterocycles. The highest BCUT2D eigenvalue weighted by molar-refractivity contribution is 14.1.